The first-order valence-corrected chi connectivity index (χ1v) is 11.7. The standard InChI is InChI=1S/C25H28Cl2N2O3.ClH/c1-29(2,21-8-10-31-11-9-21)16-17-3-5-20(6-4-17)28-25(30)18-7-12-32-24-15-23(27)22(26)14-19(24)13-18;/h3-6,13-15,21H,7-12,16H2,1-2H3;1H. The molecule has 4 rings (SSSR count). The first kappa shape index (κ1) is 25.9. The lowest BCUT2D eigenvalue weighted by molar-refractivity contribution is -0.929. The van der Waals surface area contributed by atoms with Crippen molar-refractivity contribution in [3.63, 3.8) is 0 Å². The minimum atomic E-state index is -0.140. The Morgan fingerprint density at radius 2 is 1.73 bits per heavy atom. The van der Waals surface area contributed by atoms with Crippen molar-refractivity contribution in [2.45, 2.75) is 31.8 Å². The zero-order valence-electron chi connectivity index (χ0n) is 18.9. The fourth-order valence-corrected chi connectivity index (χ4v) is 4.71. The van der Waals surface area contributed by atoms with Crippen molar-refractivity contribution in [1.82, 2.24) is 0 Å². The minimum Gasteiger partial charge on any atom is -1.00 e. The van der Waals surface area contributed by atoms with E-state index in [9.17, 15) is 4.79 Å². The number of halogens is 3. The Hall–Kier alpha value is -1.76. The van der Waals surface area contributed by atoms with Crippen LogP contribution in [0, 0.1) is 0 Å². The zero-order chi connectivity index (χ0) is 22.7. The molecule has 0 aromatic heterocycles. The Balaban J connectivity index is 0.00000306. The van der Waals surface area contributed by atoms with E-state index in [1.807, 2.05) is 18.2 Å². The molecule has 2 aromatic rings. The fraction of sp³-hybridized carbons (Fsp3) is 0.400. The van der Waals surface area contributed by atoms with Crippen LogP contribution in [0.3, 0.4) is 0 Å². The van der Waals surface area contributed by atoms with Crippen LogP contribution in [0.1, 0.15) is 30.4 Å². The topological polar surface area (TPSA) is 47.6 Å². The van der Waals surface area contributed by atoms with E-state index in [4.69, 9.17) is 32.7 Å². The van der Waals surface area contributed by atoms with Crippen LogP contribution in [0.15, 0.2) is 42.0 Å². The summed E-state index contributed by atoms with van der Waals surface area (Å²) in [5, 5.41) is 3.88. The van der Waals surface area contributed by atoms with Crippen molar-refractivity contribution >= 4 is 40.9 Å². The maximum Gasteiger partial charge on any atom is 0.251 e. The highest BCUT2D eigenvalue weighted by Crippen LogP contribution is 2.34. The lowest BCUT2D eigenvalue weighted by Gasteiger charge is -2.40. The number of benzene rings is 2. The van der Waals surface area contributed by atoms with E-state index in [0.29, 0.717) is 40.4 Å². The number of rotatable bonds is 5. The number of quaternary nitrogens is 1. The summed E-state index contributed by atoms with van der Waals surface area (Å²) >= 11 is 12.2. The summed E-state index contributed by atoms with van der Waals surface area (Å²) in [6.07, 6.45) is 4.52. The average Bonchev–Trinajstić information content (AvgIpc) is 2.98. The predicted molar refractivity (Wildman–Crippen MR) is 129 cm³/mol. The largest absolute Gasteiger partial charge is 1.00 e. The van der Waals surface area contributed by atoms with Crippen molar-refractivity contribution in [1.29, 1.82) is 0 Å². The summed E-state index contributed by atoms with van der Waals surface area (Å²) in [5.74, 6) is 0.496. The molecule has 2 heterocycles. The number of carbonyl (C=O) groups is 1. The van der Waals surface area contributed by atoms with E-state index in [1.54, 1.807) is 12.1 Å². The van der Waals surface area contributed by atoms with Gasteiger partial charge in [-0.15, -0.1) is 0 Å². The van der Waals surface area contributed by atoms with Crippen LogP contribution in [0.2, 0.25) is 10.0 Å². The molecule has 1 saturated heterocycles. The first-order chi connectivity index (χ1) is 15.3. The van der Waals surface area contributed by atoms with Crippen LogP contribution in [0.5, 0.6) is 5.75 Å². The van der Waals surface area contributed by atoms with Gasteiger partial charge >= 0.3 is 0 Å². The molecule has 1 fully saturated rings. The second-order valence-electron chi connectivity index (χ2n) is 9.00. The third-order valence-electron chi connectivity index (χ3n) is 6.28. The highest BCUT2D eigenvalue weighted by Gasteiger charge is 2.30. The number of nitrogens with one attached hydrogen (secondary N) is 1. The fourth-order valence-electron chi connectivity index (χ4n) is 4.38. The molecule has 0 aliphatic carbocycles. The van der Waals surface area contributed by atoms with Gasteiger partial charge in [-0.25, -0.2) is 0 Å². The van der Waals surface area contributed by atoms with E-state index < -0.39 is 0 Å². The maximum absolute atomic E-state index is 12.9. The molecule has 0 saturated carbocycles. The normalized spacial score (nSPS) is 16.5. The molecule has 0 atom stereocenters. The quantitative estimate of drug-likeness (QED) is 0.628. The summed E-state index contributed by atoms with van der Waals surface area (Å²) in [5.41, 5.74) is 3.42. The number of anilines is 1. The van der Waals surface area contributed by atoms with Crippen molar-refractivity contribution in [3.8, 4) is 5.75 Å². The molecule has 2 aliphatic heterocycles. The Morgan fingerprint density at radius 1 is 1.06 bits per heavy atom. The van der Waals surface area contributed by atoms with Crippen LogP contribution >= 0.6 is 23.2 Å². The molecule has 0 unspecified atom stereocenters. The highest BCUT2D eigenvalue weighted by atomic mass is 35.5. The molecule has 33 heavy (non-hydrogen) atoms. The molecular weight excluding hydrogens is 483 g/mol. The number of hydrogen-bond donors (Lipinski definition) is 1. The molecule has 5 nitrogen and oxygen atoms in total. The summed E-state index contributed by atoms with van der Waals surface area (Å²) in [6.45, 7) is 3.05. The molecule has 8 heteroatoms. The predicted octanol–water partition coefficient (Wildman–Crippen LogP) is 2.56. The average molecular weight is 512 g/mol. The van der Waals surface area contributed by atoms with Gasteiger partial charge in [-0.2, -0.15) is 0 Å². The summed E-state index contributed by atoms with van der Waals surface area (Å²) < 4.78 is 12.2. The molecule has 0 radical (unpaired) electrons. The second-order valence-corrected chi connectivity index (χ2v) is 9.82. The van der Waals surface area contributed by atoms with Gasteiger partial charge in [0.05, 0.1) is 50.0 Å². The Kier molecular flexibility index (Phi) is 8.70. The minimum absolute atomic E-state index is 0. The van der Waals surface area contributed by atoms with Gasteiger partial charge in [-0.05, 0) is 24.3 Å². The third-order valence-corrected chi connectivity index (χ3v) is 7.01. The summed E-state index contributed by atoms with van der Waals surface area (Å²) in [6, 6.07) is 12.2. The van der Waals surface area contributed by atoms with E-state index in [0.717, 1.165) is 48.3 Å². The molecule has 1 amide bonds. The van der Waals surface area contributed by atoms with Crippen molar-refractivity contribution < 1.29 is 31.2 Å². The van der Waals surface area contributed by atoms with Gasteiger partial charge in [0, 0.05) is 47.7 Å². The third kappa shape index (κ3) is 6.43. The van der Waals surface area contributed by atoms with Gasteiger partial charge in [-0.1, -0.05) is 35.3 Å². The van der Waals surface area contributed by atoms with E-state index in [2.05, 4.69) is 31.5 Å². The summed E-state index contributed by atoms with van der Waals surface area (Å²) in [7, 11) is 4.56. The van der Waals surface area contributed by atoms with E-state index in [-0.39, 0.29) is 18.3 Å². The number of amides is 1. The summed E-state index contributed by atoms with van der Waals surface area (Å²) in [4.78, 5) is 12.9. The molecule has 0 bridgehead atoms. The van der Waals surface area contributed by atoms with Crippen LogP contribution in [0.25, 0.3) is 6.08 Å². The lowest BCUT2D eigenvalue weighted by Crippen LogP contribution is -3.00. The molecule has 2 aliphatic rings. The van der Waals surface area contributed by atoms with Gasteiger partial charge in [0.2, 0.25) is 0 Å². The molecule has 0 spiro atoms. The van der Waals surface area contributed by atoms with Gasteiger partial charge in [0.25, 0.3) is 5.91 Å². The molecule has 1 N–H and O–H groups in total. The van der Waals surface area contributed by atoms with E-state index in [1.165, 1.54) is 5.56 Å². The van der Waals surface area contributed by atoms with Crippen LogP contribution in [0.4, 0.5) is 5.69 Å². The molecular formula is C25H29Cl3N2O3. The van der Waals surface area contributed by atoms with Crippen LogP contribution < -0.4 is 22.5 Å². The van der Waals surface area contributed by atoms with Crippen molar-refractivity contribution in [2.24, 2.45) is 0 Å². The highest BCUT2D eigenvalue weighted by molar-refractivity contribution is 6.42. The van der Waals surface area contributed by atoms with Crippen LogP contribution in [-0.4, -0.2) is 50.3 Å². The zero-order valence-corrected chi connectivity index (χ0v) is 21.1. The van der Waals surface area contributed by atoms with E-state index >= 15 is 0 Å². The van der Waals surface area contributed by atoms with Gasteiger partial charge in [-0.3, -0.25) is 4.79 Å². The first-order valence-electron chi connectivity index (χ1n) is 10.9. The number of hydrogen-bond acceptors (Lipinski definition) is 3. The lowest BCUT2D eigenvalue weighted by atomic mass is 10.0. The van der Waals surface area contributed by atoms with Crippen LogP contribution in [-0.2, 0) is 16.1 Å². The molecule has 178 valence electrons. The number of ether oxygens (including phenoxy) is 2. The van der Waals surface area contributed by atoms with Gasteiger partial charge in [0.1, 0.15) is 12.3 Å². The van der Waals surface area contributed by atoms with Gasteiger partial charge < -0.3 is 31.7 Å². The number of nitrogens with zero attached hydrogens (tertiary/aromatic N) is 1. The Labute approximate surface area is 211 Å². The smallest absolute Gasteiger partial charge is 0.251 e. The Morgan fingerprint density at radius 3 is 2.42 bits per heavy atom. The molecule has 2 aromatic carbocycles. The second kappa shape index (κ2) is 11.1. The monoisotopic (exact) mass is 510 g/mol. The maximum atomic E-state index is 12.9. The number of fused-ring (bicyclic) bond motifs is 1. The van der Waals surface area contributed by atoms with Gasteiger partial charge in [0.15, 0.2) is 0 Å². The Bertz CT molecular complexity index is 1020. The van der Waals surface area contributed by atoms with Crippen molar-refractivity contribution in [3.05, 3.63) is 63.1 Å². The van der Waals surface area contributed by atoms with Crippen molar-refractivity contribution in [2.75, 3.05) is 39.2 Å². The number of carbonyl (C=O) groups excluding carboxylic acids is 1. The SMILES string of the molecule is C[N+](C)(Cc1ccc(NC(=O)C2=Cc3cc(Cl)c(Cl)cc3OCC2)cc1)C1CCOCC1.[Cl-].